The standard InChI is InChI=1S/C13H19NO6S/c1-3-8-20-10-4-6-11(7-5-10)21(17,18)14-9-12(19-2)13(15)16/h4-7,12,14H,3,8-9H2,1-2H3,(H,15,16). The lowest BCUT2D eigenvalue weighted by atomic mass is 10.3. The molecule has 0 amide bonds. The topological polar surface area (TPSA) is 102 Å². The van der Waals surface area contributed by atoms with Crippen molar-refractivity contribution in [1.29, 1.82) is 0 Å². The molecule has 8 heteroatoms. The van der Waals surface area contributed by atoms with E-state index >= 15 is 0 Å². The number of sulfonamides is 1. The Morgan fingerprint density at radius 2 is 1.95 bits per heavy atom. The van der Waals surface area contributed by atoms with Gasteiger partial charge in [-0.2, -0.15) is 0 Å². The second-order valence-corrected chi connectivity index (χ2v) is 6.00. The number of aliphatic carboxylic acids is 1. The van der Waals surface area contributed by atoms with Crippen LogP contribution < -0.4 is 9.46 Å². The van der Waals surface area contributed by atoms with Gasteiger partial charge < -0.3 is 14.6 Å². The molecule has 1 aromatic rings. The first-order valence-corrected chi connectivity index (χ1v) is 7.87. The molecule has 0 bridgehead atoms. The number of carboxylic acids is 1. The van der Waals surface area contributed by atoms with E-state index < -0.39 is 22.1 Å². The minimum absolute atomic E-state index is 0.0339. The van der Waals surface area contributed by atoms with E-state index in [2.05, 4.69) is 9.46 Å². The molecule has 0 fully saturated rings. The van der Waals surface area contributed by atoms with E-state index in [9.17, 15) is 13.2 Å². The third-order valence-electron chi connectivity index (χ3n) is 2.63. The zero-order valence-electron chi connectivity index (χ0n) is 11.9. The molecule has 0 spiro atoms. The number of methoxy groups -OCH3 is 1. The van der Waals surface area contributed by atoms with Crippen molar-refractivity contribution in [3.63, 3.8) is 0 Å². The summed E-state index contributed by atoms with van der Waals surface area (Å²) in [6, 6.07) is 5.90. The molecule has 118 valence electrons. The van der Waals surface area contributed by atoms with Crippen LogP contribution in [0.25, 0.3) is 0 Å². The number of nitrogens with one attached hydrogen (secondary N) is 1. The van der Waals surface area contributed by atoms with Gasteiger partial charge in [-0.25, -0.2) is 17.9 Å². The summed E-state index contributed by atoms with van der Waals surface area (Å²) < 4.78 is 36.2. The van der Waals surface area contributed by atoms with Gasteiger partial charge >= 0.3 is 5.97 Å². The molecular weight excluding hydrogens is 298 g/mol. The Bertz CT molecular complexity index is 555. The Hall–Kier alpha value is -1.64. The summed E-state index contributed by atoms with van der Waals surface area (Å²) in [5, 5.41) is 8.78. The predicted octanol–water partition coefficient (Wildman–Crippen LogP) is 0.853. The highest BCUT2D eigenvalue weighted by molar-refractivity contribution is 7.89. The van der Waals surface area contributed by atoms with Gasteiger partial charge in [-0.05, 0) is 30.7 Å². The summed E-state index contributed by atoms with van der Waals surface area (Å²) in [6.45, 7) is 2.18. The van der Waals surface area contributed by atoms with E-state index in [1.807, 2.05) is 6.92 Å². The Labute approximate surface area is 123 Å². The van der Waals surface area contributed by atoms with Gasteiger partial charge in [0.2, 0.25) is 10.0 Å². The van der Waals surface area contributed by atoms with Crippen molar-refractivity contribution in [2.24, 2.45) is 0 Å². The summed E-state index contributed by atoms with van der Waals surface area (Å²) >= 11 is 0. The maximum Gasteiger partial charge on any atom is 0.334 e. The van der Waals surface area contributed by atoms with Crippen molar-refractivity contribution >= 4 is 16.0 Å². The number of hydrogen-bond acceptors (Lipinski definition) is 5. The zero-order chi connectivity index (χ0) is 15.9. The van der Waals surface area contributed by atoms with Crippen molar-refractivity contribution in [2.45, 2.75) is 24.3 Å². The van der Waals surface area contributed by atoms with Gasteiger partial charge in [0.15, 0.2) is 6.10 Å². The highest BCUT2D eigenvalue weighted by atomic mass is 32.2. The second-order valence-electron chi connectivity index (χ2n) is 4.23. The molecule has 21 heavy (non-hydrogen) atoms. The Kier molecular flexibility index (Phi) is 6.60. The number of carbonyl (C=O) groups is 1. The molecule has 0 saturated carbocycles. The SMILES string of the molecule is CCCOc1ccc(S(=O)(=O)NCC(OC)C(=O)O)cc1. The first-order chi connectivity index (χ1) is 9.90. The molecule has 1 aromatic carbocycles. The van der Waals surface area contributed by atoms with Crippen molar-refractivity contribution < 1.29 is 27.8 Å². The van der Waals surface area contributed by atoms with Crippen LogP contribution in [-0.2, 0) is 19.6 Å². The van der Waals surface area contributed by atoms with Crippen molar-refractivity contribution in [2.75, 3.05) is 20.3 Å². The lowest BCUT2D eigenvalue weighted by Crippen LogP contribution is -2.37. The van der Waals surface area contributed by atoms with Gasteiger partial charge in [0.05, 0.1) is 11.5 Å². The molecule has 1 atom stereocenters. The third-order valence-corrected chi connectivity index (χ3v) is 4.07. The van der Waals surface area contributed by atoms with Crippen LogP contribution in [0, 0.1) is 0 Å². The van der Waals surface area contributed by atoms with Crippen LogP contribution in [0.1, 0.15) is 13.3 Å². The number of ether oxygens (including phenoxy) is 2. The summed E-state index contributed by atoms with van der Waals surface area (Å²) in [4.78, 5) is 10.8. The molecule has 0 heterocycles. The van der Waals surface area contributed by atoms with Gasteiger partial charge in [-0.15, -0.1) is 0 Å². The molecular formula is C13H19NO6S. The Balaban J connectivity index is 2.71. The number of rotatable bonds is 9. The van der Waals surface area contributed by atoms with E-state index in [1.165, 1.54) is 19.2 Å². The van der Waals surface area contributed by atoms with E-state index in [0.717, 1.165) is 6.42 Å². The van der Waals surface area contributed by atoms with Gasteiger partial charge in [0.1, 0.15) is 5.75 Å². The molecule has 0 aliphatic rings. The number of benzene rings is 1. The lowest BCUT2D eigenvalue weighted by molar-refractivity contribution is -0.147. The van der Waals surface area contributed by atoms with Crippen LogP contribution in [0.3, 0.4) is 0 Å². The second kappa shape index (κ2) is 7.96. The average molecular weight is 317 g/mol. The fraction of sp³-hybridized carbons (Fsp3) is 0.462. The molecule has 0 aromatic heterocycles. The predicted molar refractivity (Wildman–Crippen MR) is 75.8 cm³/mol. The summed E-state index contributed by atoms with van der Waals surface area (Å²) in [5.74, 6) is -0.653. The van der Waals surface area contributed by atoms with Crippen LogP contribution in [-0.4, -0.2) is 45.9 Å². The molecule has 1 unspecified atom stereocenters. The fourth-order valence-electron chi connectivity index (χ4n) is 1.48. The van der Waals surface area contributed by atoms with Gasteiger partial charge in [0.25, 0.3) is 0 Å². The fourth-order valence-corrected chi connectivity index (χ4v) is 2.51. The molecule has 0 radical (unpaired) electrons. The Morgan fingerprint density at radius 1 is 1.33 bits per heavy atom. The molecule has 0 aliphatic heterocycles. The highest BCUT2D eigenvalue weighted by Gasteiger charge is 2.21. The minimum atomic E-state index is -3.79. The van der Waals surface area contributed by atoms with Crippen LogP contribution in [0.4, 0.5) is 0 Å². The van der Waals surface area contributed by atoms with Crippen LogP contribution in [0.15, 0.2) is 29.2 Å². The van der Waals surface area contributed by atoms with Crippen LogP contribution in [0.5, 0.6) is 5.75 Å². The van der Waals surface area contributed by atoms with Gasteiger partial charge in [-0.3, -0.25) is 0 Å². The molecule has 0 aliphatic carbocycles. The first-order valence-electron chi connectivity index (χ1n) is 6.39. The summed E-state index contributed by atoms with van der Waals surface area (Å²) in [5.41, 5.74) is 0. The monoisotopic (exact) mass is 317 g/mol. The smallest absolute Gasteiger partial charge is 0.334 e. The first kappa shape index (κ1) is 17.4. The normalized spacial score (nSPS) is 12.9. The zero-order valence-corrected chi connectivity index (χ0v) is 12.7. The van der Waals surface area contributed by atoms with Gasteiger partial charge in [-0.1, -0.05) is 6.92 Å². The number of hydrogen-bond donors (Lipinski definition) is 2. The van der Waals surface area contributed by atoms with E-state index in [1.54, 1.807) is 12.1 Å². The summed E-state index contributed by atoms with van der Waals surface area (Å²) in [7, 11) is -2.58. The van der Waals surface area contributed by atoms with Crippen molar-refractivity contribution in [1.82, 2.24) is 4.72 Å². The largest absolute Gasteiger partial charge is 0.494 e. The maximum absolute atomic E-state index is 12.0. The molecule has 2 N–H and O–H groups in total. The average Bonchev–Trinajstić information content (AvgIpc) is 2.45. The minimum Gasteiger partial charge on any atom is -0.494 e. The van der Waals surface area contributed by atoms with E-state index in [0.29, 0.717) is 12.4 Å². The summed E-state index contributed by atoms with van der Waals surface area (Å²) in [6.07, 6.45) is -0.373. The Morgan fingerprint density at radius 3 is 2.43 bits per heavy atom. The molecule has 0 saturated heterocycles. The van der Waals surface area contributed by atoms with Crippen molar-refractivity contribution in [3.8, 4) is 5.75 Å². The van der Waals surface area contributed by atoms with E-state index in [4.69, 9.17) is 9.84 Å². The lowest BCUT2D eigenvalue weighted by Gasteiger charge is -2.12. The molecule has 1 rings (SSSR count). The molecule has 7 nitrogen and oxygen atoms in total. The third kappa shape index (κ3) is 5.33. The maximum atomic E-state index is 12.0. The highest BCUT2D eigenvalue weighted by Crippen LogP contribution is 2.16. The quantitative estimate of drug-likeness (QED) is 0.700. The van der Waals surface area contributed by atoms with Gasteiger partial charge in [0, 0.05) is 13.7 Å². The van der Waals surface area contributed by atoms with Crippen molar-refractivity contribution in [3.05, 3.63) is 24.3 Å². The van der Waals surface area contributed by atoms with Crippen LogP contribution in [0.2, 0.25) is 0 Å². The number of carboxylic acid groups (broad SMARTS) is 1. The van der Waals surface area contributed by atoms with Crippen LogP contribution >= 0.6 is 0 Å². The van der Waals surface area contributed by atoms with E-state index in [-0.39, 0.29) is 11.4 Å².